The lowest BCUT2D eigenvalue weighted by atomic mass is 9.98. The fourth-order valence-corrected chi connectivity index (χ4v) is 2.06. The van der Waals surface area contributed by atoms with Gasteiger partial charge in [0.05, 0.1) is 5.69 Å². The first-order valence-electron chi connectivity index (χ1n) is 5.89. The molecule has 2 aromatic carbocycles. The van der Waals surface area contributed by atoms with E-state index in [0.29, 0.717) is 0 Å². The van der Waals surface area contributed by atoms with Gasteiger partial charge in [0.15, 0.2) is 0 Å². The molecule has 0 radical (unpaired) electrons. The second-order valence-corrected chi connectivity index (χ2v) is 4.45. The Morgan fingerprint density at radius 1 is 1.05 bits per heavy atom. The molecule has 19 heavy (non-hydrogen) atoms. The number of benzene rings is 2. The second-order valence-electron chi connectivity index (χ2n) is 4.45. The van der Waals surface area contributed by atoms with Gasteiger partial charge in [-0.3, -0.25) is 0 Å². The lowest BCUT2D eigenvalue weighted by molar-refractivity contribution is -0.0493. The number of ether oxygens (including phenoxy) is 1. The third kappa shape index (κ3) is 3.02. The Kier molecular flexibility index (Phi) is 3.69. The van der Waals surface area contributed by atoms with Gasteiger partial charge in [-0.25, -0.2) is 0 Å². The molecule has 0 saturated carbocycles. The van der Waals surface area contributed by atoms with Crippen LogP contribution in [0.15, 0.2) is 36.4 Å². The molecule has 0 heterocycles. The molecule has 0 aromatic heterocycles. The van der Waals surface area contributed by atoms with Gasteiger partial charge in [0, 0.05) is 0 Å². The summed E-state index contributed by atoms with van der Waals surface area (Å²) in [7, 11) is 0. The standard InChI is InChI=1S/C15H15F2NO/c1-9-3-5-12(10(2)7-9)11-4-6-14(13(18)8-11)19-15(16)17/h3-8,15H,18H2,1-2H3. The topological polar surface area (TPSA) is 35.2 Å². The fourth-order valence-electron chi connectivity index (χ4n) is 2.06. The predicted molar refractivity (Wildman–Crippen MR) is 72.4 cm³/mol. The van der Waals surface area contributed by atoms with Crippen LogP contribution in [-0.2, 0) is 0 Å². The largest absolute Gasteiger partial charge is 0.433 e. The smallest absolute Gasteiger partial charge is 0.387 e. The zero-order valence-electron chi connectivity index (χ0n) is 10.8. The Morgan fingerprint density at radius 2 is 1.79 bits per heavy atom. The van der Waals surface area contributed by atoms with Crippen LogP contribution >= 0.6 is 0 Å². The number of nitrogen functional groups attached to an aromatic ring is 1. The molecule has 0 unspecified atom stereocenters. The van der Waals surface area contributed by atoms with Gasteiger partial charge < -0.3 is 10.5 Å². The van der Waals surface area contributed by atoms with Crippen molar-refractivity contribution < 1.29 is 13.5 Å². The Balaban J connectivity index is 2.39. The van der Waals surface area contributed by atoms with Crippen molar-refractivity contribution in [1.29, 1.82) is 0 Å². The summed E-state index contributed by atoms with van der Waals surface area (Å²) >= 11 is 0. The van der Waals surface area contributed by atoms with Crippen LogP contribution in [0.3, 0.4) is 0 Å². The van der Waals surface area contributed by atoms with Crippen LogP contribution in [0.4, 0.5) is 14.5 Å². The summed E-state index contributed by atoms with van der Waals surface area (Å²) in [6.07, 6.45) is 0. The summed E-state index contributed by atoms with van der Waals surface area (Å²) in [6.45, 7) is 1.15. The van der Waals surface area contributed by atoms with Crippen LogP contribution in [0, 0.1) is 13.8 Å². The monoisotopic (exact) mass is 263 g/mol. The minimum atomic E-state index is -2.87. The molecular formula is C15H15F2NO. The van der Waals surface area contributed by atoms with Gasteiger partial charge in [-0.15, -0.1) is 0 Å². The fraction of sp³-hybridized carbons (Fsp3) is 0.200. The van der Waals surface area contributed by atoms with E-state index in [1.54, 1.807) is 12.1 Å². The van der Waals surface area contributed by atoms with E-state index in [1.807, 2.05) is 26.0 Å². The van der Waals surface area contributed by atoms with Gasteiger partial charge >= 0.3 is 6.61 Å². The normalized spacial score (nSPS) is 10.8. The molecule has 100 valence electrons. The molecule has 2 aromatic rings. The average molecular weight is 263 g/mol. The number of halogens is 2. The van der Waals surface area contributed by atoms with E-state index < -0.39 is 6.61 Å². The highest BCUT2D eigenvalue weighted by Crippen LogP contribution is 2.31. The van der Waals surface area contributed by atoms with Gasteiger partial charge in [-0.1, -0.05) is 29.8 Å². The van der Waals surface area contributed by atoms with E-state index in [-0.39, 0.29) is 11.4 Å². The van der Waals surface area contributed by atoms with Crippen LogP contribution in [0.2, 0.25) is 0 Å². The number of alkyl halides is 2. The highest BCUT2D eigenvalue weighted by molar-refractivity contribution is 5.73. The molecule has 2 nitrogen and oxygen atoms in total. The lowest BCUT2D eigenvalue weighted by Gasteiger charge is -2.11. The van der Waals surface area contributed by atoms with Crippen LogP contribution in [0.5, 0.6) is 5.75 Å². The predicted octanol–water partition coefficient (Wildman–Crippen LogP) is 4.15. The van der Waals surface area contributed by atoms with Crippen LogP contribution in [0.1, 0.15) is 11.1 Å². The summed E-state index contributed by atoms with van der Waals surface area (Å²) in [4.78, 5) is 0. The van der Waals surface area contributed by atoms with Crippen LogP contribution < -0.4 is 10.5 Å². The molecule has 0 spiro atoms. The maximum atomic E-state index is 12.2. The third-order valence-electron chi connectivity index (χ3n) is 2.92. The summed E-state index contributed by atoms with van der Waals surface area (Å²) in [5, 5.41) is 0. The average Bonchev–Trinajstić information content (AvgIpc) is 2.31. The van der Waals surface area contributed by atoms with E-state index in [0.717, 1.165) is 16.7 Å². The molecule has 0 saturated heterocycles. The molecule has 0 aliphatic carbocycles. The third-order valence-corrected chi connectivity index (χ3v) is 2.92. The Morgan fingerprint density at radius 3 is 2.37 bits per heavy atom. The zero-order chi connectivity index (χ0) is 14.0. The number of anilines is 1. The Hall–Kier alpha value is -2.10. The van der Waals surface area contributed by atoms with Crippen molar-refractivity contribution in [2.75, 3.05) is 5.73 Å². The van der Waals surface area contributed by atoms with Crippen molar-refractivity contribution in [2.24, 2.45) is 0 Å². The van der Waals surface area contributed by atoms with Crippen LogP contribution in [-0.4, -0.2) is 6.61 Å². The van der Waals surface area contributed by atoms with Crippen molar-refractivity contribution >= 4 is 5.69 Å². The summed E-state index contributed by atoms with van der Waals surface area (Å²) in [5.74, 6) is 0.00325. The van der Waals surface area contributed by atoms with E-state index in [4.69, 9.17) is 5.73 Å². The summed E-state index contributed by atoms with van der Waals surface area (Å²) < 4.78 is 28.6. The highest BCUT2D eigenvalue weighted by Gasteiger charge is 2.10. The molecule has 0 aliphatic rings. The van der Waals surface area contributed by atoms with Gasteiger partial charge in [0.1, 0.15) is 5.75 Å². The van der Waals surface area contributed by atoms with Crippen LogP contribution in [0.25, 0.3) is 11.1 Å². The SMILES string of the molecule is Cc1ccc(-c2ccc(OC(F)F)c(N)c2)c(C)c1. The van der Waals surface area contributed by atoms with Gasteiger partial charge in [-0.05, 0) is 42.7 Å². The number of hydrogen-bond donors (Lipinski definition) is 1. The van der Waals surface area contributed by atoms with Crippen molar-refractivity contribution in [2.45, 2.75) is 20.5 Å². The van der Waals surface area contributed by atoms with E-state index in [9.17, 15) is 8.78 Å². The zero-order valence-corrected chi connectivity index (χ0v) is 10.8. The molecule has 2 N–H and O–H groups in total. The minimum absolute atomic E-state index is 0.00325. The molecular weight excluding hydrogens is 248 g/mol. The maximum absolute atomic E-state index is 12.2. The summed E-state index contributed by atoms with van der Waals surface area (Å²) in [5.41, 5.74) is 10.1. The number of nitrogens with two attached hydrogens (primary N) is 1. The lowest BCUT2D eigenvalue weighted by Crippen LogP contribution is -2.04. The van der Waals surface area contributed by atoms with E-state index >= 15 is 0 Å². The van der Waals surface area contributed by atoms with Crippen molar-refractivity contribution in [3.05, 3.63) is 47.5 Å². The first-order valence-corrected chi connectivity index (χ1v) is 5.89. The van der Waals surface area contributed by atoms with E-state index in [2.05, 4.69) is 10.8 Å². The number of hydrogen-bond acceptors (Lipinski definition) is 2. The van der Waals surface area contributed by atoms with Gasteiger partial charge in [-0.2, -0.15) is 8.78 Å². The van der Waals surface area contributed by atoms with Gasteiger partial charge in [0.2, 0.25) is 0 Å². The van der Waals surface area contributed by atoms with Crippen molar-refractivity contribution in [3.8, 4) is 16.9 Å². The molecule has 2 rings (SSSR count). The summed E-state index contributed by atoms with van der Waals surface area (Å²) in [6, 6.07) is 10.9. The van der Waals surface area contributed by atoms with Gasteiger partial charge in [0.25, 0.3) is 0 Å². The number of rotatable bonds is 3. The first kappa shape index (κ1) is 13.3. The quantitative estimate of drug-likeness (QED) is 0.844. The van der Waals surface area contributed by atoms with E-state index in [1.165, 1.54) is 11.6 Å². The number of aryl methyl sites for hydroxylation is 2. The maximum Gasteiger partial charge on any atom is 0.387 e. The Bertz CT molecular complexity index is 597. The molecule has 0 fully saturated rings. The molecule has 4 heteroatoms. The van der Waals surface area contributed by atoms with Crippen molar-refractivity contribution in [3.63, 3.8) is 0 Å². The second kappa shape index (κ2) is 5.26. The molecule has 0 bridgehead atoms. The first-order chi connectivity index (χ1) is 8.97. The minimum Gasteiger partial charge on any atom is -0.433 e. The Labute approximate surface area is 110 Å². The molecule has 0 aliphatic heterocycles. The molecule has 0 amide bonds. The molecule has 0 atom stereocenters. The highest BCUT2D eigenvalue weighted by atomic mass is 19.3. The van der Waals surface area contributed by atoms with Crippen molar-refractivity contribution in [1.82, 2.24) is 0 Å².